The summed E-state index contributed by atoms with van der Waals surface area (Å²) in [5, 5.41) is 11.9. The number of rotatable bonds is 5. The van der Waals surface area contributed by atoms with Crippen molar-refractivity contribution < 1.29 is 14.7 Å². The van der Waals surface area contributed by atoms with Crippen LogP contribution in [-0.2, 0) is 9.59 Å². The van der Waals surface area contributed by atoms with Crippen molar-refractivity contribution in [3.8, 4) is 0 Å². The van der Waals surface area contributed by atoms with Crippen LogP contribution in [0.25, 0.3) is 0 Å². The summed E-state index contributed by atoms with van der Waals surface area (Å²) in [6, 6.07) is -0.519. The Balaban J connectivity index is 1.93. The van der Waals surface area contributed by atoms with Crippen molar-refractivity contribution in [3.05, 3.63) is 0 Å². The fourth-order valence-electron chi connectivity index (χ4n) is 2.44. The van der Waals surface area contributed by atoms with E-state index >= 15 is 0 Å². The highest BCUT2D eigenvalue weighted by atomic mass is 16.3. The first kappa shape index (κ1) is 13.3. The summed E-state index contributed by atoms with van der Waals surface area (Å²) < 4.78 is 0. The van der Waals surface area contributed by atoms with Gasteiger partial charge in [-0.25, -0.2) is 0 Å². The number of nitrogens with zero attached hydrogens (tertiary/aromatic N) is 1. The lowest BCUT2D eigenvalue weighted by Gasteiger charge is -2.25. The number of likely N-dealkylation sites (tertiary alicyclic amines) is 1. The highest BCUT2D eigenvalue weighted by molar-refractivity contribution is 5.90. The maximum atomic E-state index is 12.1. The Kier molecular flexibility index (Phi) is 4.22. The van der Waals surface area contributed by atoms with E-state index in [0.717, 1.165) is 25.7 Å². The van der Waals surface area contributed by atoms with Crippen LogP contribution in [0.5, 0.6) is 0 Å². The monoisotopic (exact) mass is 254 g/mol. The lowest BCUT2D eigenvalue weighted by atomic mass is 10.1. The van der Waals surface area contributed by atoms with Crippen molar-refractivity contribution in [2.45, 2.75) is 51.1 Å². The van der Waals surface area contributed by atoms with Gasteiger partial charge in [-0.15, -0.1) is 0 Å². The Morgan fingerprint density at radius 3 is 2.67 bits per heavy atom. The molecule has 2 atom stereocenters. The van der Waals surface area contributed by atoms with Crippen LogP contribution in [-0.4, -0.2) is 47.1 Å². The molecule has 1 saturated carbocycles. The summed E-state index contributed by atoms with van der Waals surface area (Å²) in [6.45, 7) is 2.57. The number of aliphatic hydroxyl groups excluding tert-OH is 1. The minimum absolute atomic E-state index is 0.0501. The van der Waals surface area contributed by atoms with Crippen LogP contribution in [0.2, 0.25) is 0 Å². The quantitative estimate of drug-likeness (QED) is 0.740. The fraction of sp³-hybridized carbons (Fsp3) is 0.846. The van der Waals surface area contributed by atoms with Crippen molar-refractivity contribution in [3.63, 3.8) is 0 Å². The standard InChI is InChI=1S/C13H22N2O3/c1-2-10(8-16)14-12(17)11-4-3-7-15(11)13(18)9-5-6-9/h9-11,16H,2-8H2,1H3,(H,14,17)/t10-,11?/m0/s1. The van der Waals surface area contributed by atoms with Crippen LogP contribution in [0.4, 0.5) is 0 Å². The summed E-state index contributed by atoms with van der Waals surface area (Å²) in [4.78, 5) is 25.9. The zero-order valence-electron chi connectivity index (χ0n) is 10.9. The molecule has 0 bridgehead atoms. The molecule has 0 radical (unpaired) electrons. The van der Waals surface area contributed by atoms with Gasteiger partial charge >= 0.3 is 0 Å². The zero-order valence-corrected chi connectivity index (χ0v) is 10.9. The molecule has 0 spiro atoms. The molecule has 0 aromatic carbocycles. The van der Waals surface area contributed by atoms with E-state index in [1.807, 2.05) is 6.92 Å². The first-order valence-electron chi connectivity index (χ1n) is 6.89. The molecular formula is C13H22N2O3. The molecule has 2 N–H and O–H groups in total. The molecule has 0 aromatic rings. The third-order valence-electron chi connectivity index (χ3n) is 3.82. The summed E-state index contributed by atoms with van der Waals surface area (Å²) in [6.07, 6.45) is 4.28. The molecular weight excluding hydrogens is 232 g/mol. The van der Waals surface area contributed by atoms with E-state index in [1.54, 1.807) is 4.90 Å². The molecule has 0 aromatic heterocycles. The topological polar surface area (TPSA) is 69.6 Å². The van der Waals surface area contributed by atoms with Gasteiger partial charge in [0, 0.05) is 12.5 Å². The number of amides is 2. The number of carbonyl (C=O) groups is 2. The van der Waals surface area contributed by atoms with Gasteiger partial charge in [0.1, 0.15) is 6.04 Å². The van der Waals surface area contributed by atoms with Crippen molar-refractivity contribution in [2.24, 2.45) is 5.92 Å². The van der Waals surface area contributed by atoms with Crippen LogP contribution in [0, 0.1) is 5.92 Å². The third kappa shape index (κ3) is 2.83. The van der Waals surface area contributed by atoms with E-state index in [-0.39, 0.29) is 36.4 Å². The second-order valence-corrected chi connectivity index (χ2v) is 5.26. The van der Waals surface area contributed by atoms with E-state index in [1.165, 1.54) is 0 Å². The Bertz CT molecular complexity index is 324. The predicted octanol–water partition coefficient (Wildman–Crippen LogP) is 0.274. The van der Waals surface area contributed by atoms with E-state index in [0.29, 0.717) is 13.0 Å². The SMILES string of the molecule is CC[C@@H](CO)NC(=O)C1CCCN1C(=O)C1CC1. The number of aliphatic hydroxyl groups is 1. The first-order chi connectivity index (χ1) is 8.67. The van der Waals surface area contributed by atoms with Crippen molar-refractivity contribution in [1.82, 2.24) is 10.2 Å². The van der Waals surface area contributed by atoms with Gasteiger partial charge in [0.25, 0.3) is 0 Å². The molecule has 1 aliphatic heterocycles. The highest BCUT2D eigenvalue weighted by Gasteiger charge is 2.40. The van der Waals surface area contributed by atoms with Gasteiger partial charge in [-0.05, 0) is 32.1 Å². The van der Waals surface area contributed by atoms with Crippen LogP contribution >= 0.6 is 0 Å². The summed E-state index contributed by atoms with van der Waals surface area (Å²) in [7, 11) is 0. The Labute approximate surface area is 108 Å². The minimum atomic E-state index is -0.321. The maximum Gasteiger partial charge on any atom is 0.243 e. The van der Waals surface area contributed by atoms with E-state index in [9.17, 15) is 9.59 Å². The molecule has 1 aliphatic carbocycles. The summed E-state index contributed by atoms with van der Waals surface area (Å²) in [5.41, 5.74) is 0. The highest BCUT2D eigenvalue weighted by Crippen LogP contribution is 2.33. The lowest BCUT2D eigenvalue weighted by Crippen LogP contribution is -2.49. The molecule has 18 heavy (non-hydrogen) atoms. The molecule has 5 heteroatoms. The fourth-order valence-corrected chi connectivity index (χ4v) is 2.44. The second kappa shape index (κ2) is 5.69. The molecule has 1 saturated heterocycles. The number of nitrogens with one attached hydrogen (secondary N) is 1. The van der Waals surface area contributed by atoms with Crippen LogP contribution in [0.3, 0.4) is 0 Å². The van der Waals surface area contributed by atoms with Gasteiger partial charge < -0.3 is 15.3 Å². The van der Waals surface area contributed by atoms with Gasteiger partial charge in [-0.2, -0.15) is 0 Å². The van der Waals surface area contributed by atoms with E-state index in [4.69, 9.17) is 5.11 Å². The van der Waals surface area contributed by atoms with Crippen LogP contribution in [0.15, 0.2) is 0 Å². The molecule has 1 unspecified atom stereocenters. The lowest BCUT2D eigenvalue weighted by molar-refractivity contribution is -0.139. The molecule has 102 valence electrons. The van der Waals surface area contributed by atoms with Crippen LogP contribution < -0.4 is 5.32 Å². The molecule has 5 nitrogen and oxygen atoms in total. The summed E-state index contributed by atoms with van der Waals surface area (Å²) >= 11 is 0. The van der Waals surface area contributed by atoms with Crippen molar-refractivity contribution >= 4 is 11.8 Å². The Morgan fingerprint density at radius 1 is 1.39 bits per heavy atom. The summed E-state index contributed by atoms with van der Waals surface area (Å²) in [5.74, 6) is 0.199. The first-order valence-corrected chi connectivity index (χ1v) is 6.89. The maximum absolute atomic E-state index is 12.1. The zero-order chi connectivity index (χ0) is 13.1. The van der Waals surface area contributed by atoms with Gasteiger partial charge in [-0.1, -0.05) is 6.92 Å². The molecule has 2 aliphatic rings. The molecule has 2 rings (SSSR count). The number of carbonyl (C=O) groups excluding carboxylic acids is 2. The third-order valence-corrected chi connectivity index (χ3v) is 3.82. The largest absolute Gasteiger partial charge is 0.394 e. The van der Waals surface area contributed by atoms with E-state index in [2.05, 4.69) is 5.32 Å². The van der Waals surface area contributed by atoms with Gasteiger partial charge in [0.15, 0.2) is 0 Å². The minimum Gasteiger partial charge on any atom is -0.394 e. The molecule has 2 amide bonds. The number of hydrogen-bond acceptors (Lipinski definition) is 3. The molecule has 2 fully saturated rings. The molecule has 1 heterocycles. The average molecular weight is 254 g/mol. The van der Waals surface area contributed by atoms with Gasteiger partial charge in [0.05, 0.1) is 12.6 Å². The predicted molar refractivity (Wildman–Crippen MR) is 66.8 cm³/mol. The Hall–Kier alpha value is -1.10. The Morgan fingerprint density at radius 2 is 2.11 bits per heavy atom. The second-order valence-electron chi connectivity index (χ2n) is 5.26. The normalized spacial score (nSPS) is 25.0. The van der Waals surface area contributed by atoms with Crippen molar-refractivity contribution in [1.29, 1.82) is 0 Å². The van der Waals surface area contributed by atoms with Crippen molar-refractivity contribution in [2.75, 3.05) is 13.2 Å². The smallest absolute Gasteiger partial charge is 0.243 e. The van der Waals surface area contributed by atoms with E-state index < -0.39 is 0 Å². The van der Waals surface area contributed by atoms with Gasteiger partial charge in [-0.3, -0.25) is 9.59 Å². The van der Waals surface area contributed by atoms with Crippen LogP contribution in [0.1, 0.15) is 39.0 Å². The number of hydrogen-bond donors (Lipinski definition) is 2. The average Bonchev–Trinajstić information content (AvgIpc) is 3.11. The van der Waals surface area contributed by atoms with Gasteiger partial charge in [0.2, 0.25) is 11.8 Å².